The first-order valence-corrected chi connectivity index (χ1v) is 11.4. The summed E-state index contributed by atoms with van der Waals surface area (Å²) in [5, 5.41) is 3.07. The molecule has 0 bridgehead atoms. The molecule has 1 amide bonds. The second kappa shape index (κ2) is 11.2. The Hall–Kier alpha value is -2.57. The van der Waals surface area contributed by atoms with E-state index < -0.39 is 0 Å². The van der Waals surface area contributed by atoms with Crippen molar-refractivity contribution in [2.24, 2.45) is 0 Å². The first-order valence-electron chi connectivity index (χ1n) is 11.4. The number of nitrogens with zero attached hydrogens (tertiary/aromatic N) is 2. The van der Waals surface area contributed by atoms with E-state index in [1.165, 1.54) is 5.56 Å². The van der Waals surface area contributed by atoms with Crippen LogP contribution >= 0.6 is 0 Å². The number of nitrogens with one attached hydrogen (secondary N) is 1. The number of aryl methyl sites for hydroxylation is 1. The van der Waals surface area contributed by atoms with Gasteiger partial charge in [-0.05, 0) is 29.7 Å². The number of carbonyl (C=O) groups excluding carboxylic acids is 1. The highest BCUT2D eigenvalue weighted by atomic mass is 16.5. The Morgan fingerprint density at radius 1 is 0.871 bits per heavy atom. The molecule has 2 aliphatic rings. The van der Waals surface area contributed by atoms with E-state index in [1.807, 2.05) is 18.2 Å². The van der Waals surface area contributed by atoms with Crippen LogP contribution in [0.25, 0.3) is 0 Å². The molecule has 6 nitrogen and oxygen atoms in total. The van der Waals surface area contributed by atoms with Crippen molar-refractivity contribution >= 4 is 5.91 Å². The molecule has 0 aliphatic carbocycles. The molecule has 0 atom stereocenters. The quantitative estimate of drug-likeness (QED) is 0.708. The summed E-state index contributed by atoms with van der Waals surface area (Å²) in [6, 6.07) is 16.6. The topological polar surface area (TPSA) is 54.0 Å². The Labute approximate surface area is 185 Å². The molecule has 0 radical (unpaired) electrons. The SMILES string of the molecule is O=C(CCc1ccc2c(c1)OCCCO2)NCCN1CCN(Cc2ccccc2)CC1. The van der Waals surface area contributed by atoms with Gasteiger partial charge in [0.05, 0.1) is 13.2 Å². The number of rotatable bonds is 8. The third kappa shape index (κ3) is 6.71. The Morgan fingerprint density at radius 3 is 2.42 bits per heavy atom. The van der Waals surface area contributed by atoms with E-state index in [2.05, 4.69) is 45.4 Å². The molecule has 2 aromatic rings. The smallest absolute Gasteiger partial charge is 0.220 e. The third-order valence-electron chi connectivity index (χ3n) is 5.92. The van der Waals surface area contributed by atoms with Gasteiger partial charge < -0.3 is 14.8 Å². The summed E-state index contributed by atoms with van der Waals surface area (Å²) in [7, 11) is 0. The summed E-state index contributed by atoms with van der Waals surface area (Å²) in [6.07, 6.45) is 2.10. The number of carbonyl (C=O) groups is 1. The maximum Gasteiger partial charge on any atom is 0.220 e. The molecule has 166 valence electrons. The summed E-state index contributed by atoms with van der Waals surface area (Å²) in [4.78, 5) is 17.2. The van der Waals surface area contributed by atoms with Crippen molar-refractivity contribution in [3.8, 4) is 11.5 Å². The number of fused-ring (bicyclic) bond motifs is 1. The number of amides is 1. The average molecular weight is 424 g/mol. The molecular formula is C25H33N3O3. The van der Waals surface area contributed by atoms with Crippen LogP contribution in [0.3, 0.4) is 0 Å². The Bertz CT molecular complexity index is 835. The van der Waals surface area contributed by atoms with E-state index in [0.29, 0.717) is 32.6 Å². The molecule has 1 fully saturated rings. The zero-order chi connectivity index (χ0) is 21.3. The summed E-state index contributed by atoms with van der Waals surface area (Å²) < 4.78 is 11.4. The average Bonchev–Trinajstić information content (AvgIpc) is 3.05. The molecule has 0 aromatic heterocycles. The second-order valence-electron chi connectivity index (χ2n) is 8.28. The summed E-state index contributed by atoms with van der Waals surface area (Å²) in [5.74, 6) is 1.70. The van der Waals surface area contributed by atoms with Crippen LogP contribution in [-0.2, 0) is 17.8 Å². The van der Waals surface area contributed by atoms with Gasteiger partial charge in [0, 0.05) is 58.7 Å². The number of piperazine rings is 1. The lowest BCUT2D eigenvalue weighted by Crippen LogP contribution is -2.48. The maximum atomic E-state index is 12.3. The van der Waals surface area contributed by atoms with E-state index in [9.17, 15) is 4.79 Å². The third-order valence-corrected chi connectivity index (χ3v) is 5.92. The van der Waals surface area contributed by atoms with E-state index in [1.54, 1.807) is 0 Å². The number of hydrogen-bond donors (Lipinski definition) is 1. The van der Waals surface area contributed by atoms with Crippen molar-refractivity contribution in [2.75, 3.05) is 52.5 Å². The minimum absolute atomic E-state index is 0.106. The summed E-state index contributed by atoms with van der Waals surface area (Å²) >= 11 is 0. The molecule has 2 aliphatic heterocycles. The van der Waals surface area contributed by atoms with Gasteiger partial charge in [-0.25, -0.2) is 0 Å². The fraction of sp³-hybridized carbons (Fsp3) is 0.480. The van der Waals surface area contributed by atoms with E-state index >= 15 is 0 Å². The zero-order valence-electron chi connectivity index (χ0n) is 18.2. The van der Waals surface area contributed by atoms with Crippen LogP contribution in [-0.4, -0.2) is 68.2 Å². The van der Waals surface area contributed by atoms with Crippen LogP contribution in [0, 0.1) is 0 Å². The molecule has 2 aromatic carbocycles. The van der Waals surface area contributed by atoms with Crippen molar-refractivity contribution in [3.05, 3.63) is 59.7 Å². The largest absolute Gasteiger partial charge is 0.490 e. The Kier molecular flexibility index (Phi) is 7.80. The minimum Gasteiger partial charge on any atom is -0.490 e. The van der Waals surface area contributed by atoms with Gasteiger partial charge in [0.1, 0.15) is 0 Å². The first kappa shape index (κ1) is 21.7. The molecule has 0 unspecified atom stereocenters. The monoisotopic (exact) mass is 423 g/mol. The van der Waals surface area contributed by atoms with Crippen molar-refractivity contribution in [3.63, 3.8) is 0 Å². The van der Waals surface area contributed by atoms with E-state index in [4.69, 9.17) is 9.47 Å². The highest BCUT2D eigenvalue weighted by Crippen LogP contribution is 2.30. The van der Waals surface area contributed by atoms with Gasteiger partial charge in [-0.2, -0.15) is 0 Å². The molecular weight excluding hydrogens is 390 g/mol. The van der Waals surface area contributed by atoms with Gasteiger partial charge in [-0.1, -0.05) is 36.4 Å². The lowest BCUT2D eigenvalue weighted by molar-refractivity contribution is -0.121. The molecule has 2 heterocycles. The summed E-state index contributed by atoms with van der Waals surface area (Å²) in [5.41, 5.74) is 2.48. The molecule has 4 rings (SSSR count). The number of benzene rings is 2. The van der Waals surface area contributed by atoms with Gasteiger partial charge in [0.15, 0.2) is 11.5 Å². The molecule has 1 N–H and O–H groups in total. The van der Waals surface area contributed by atoms with Crippen LogP contribution in [0.1, 0.15) is 24.0 Å². The normalized spacial score (nSPS) is 17.2. The lowest BCUT2D eigenvalue weighted by atomic mass is 10.1. The number of ether oxygens (including phenoxy) is 2. The van der Waals surface area contributed by atoms with Crippen LogP contribution in [0.4, 0.5) is 0 Å². The van der Waals surface area contributed by atoms with Gasteiger partial charge in [0.2, 0.25) is 5.91 Å². The fourth-order valence-corrected chi connectivity index (χ4v) is 4.08. The standard InChI is InChI=1S/C25H33N3O3/c29-25(10-8-21-7-9-23-24(19-21)31-18-4-17-30-23)26-11-12-27-13-15-28(16-14-27)20-22-5-2-1-3-6-22/h1-3,5-7,9,19H,4,8,10-18,20H2,(H,26,29). The summed E-state index contributed by atoms with van der Waals surface area (Å²) in [6.45, 7) is 8.27. The molecule has 1 saturated heterocycles. The van der Waals surface area contributed by atoms with Gasteiger partial charge in [-0.3, -0.25) is 14.6 Å². The van der Waals surface area contributed by atoms with Crippen molar-refractivity contribution < 1.29 is 14.3 Å². The molecule has 0 spiro atoms. The van der Waals surface area contributed by atoms with E-state index in [-0.39, 0.29) is 5.91 Å². The fourth-order valence-electron chi connectivity index (χ4n) is 4.08. The highest BCUT2D eigenvalue weighted by molar-refractivity contribution is 5.76. The van der Waals surface area contributed by atoms with Crippen LogP contribution in [0.2, 0.25) is 0 Å². The Morgan fingerprint density at radius 2 is 1.61 bits per heavy atom. The first-order chi connectivity index (χ1) is 15.3. The van der Waals surface area contributed by atoms with Crippen LogP contribution in [0.5, 0.6) is 11.5 Å². The van der Waals surface area contributed by atoms with Crippen molar-refractivity contribution in [1.82, 2.24) is 15.1 Å². The second-order valence-corrected chi connectivity index (χ2v) is 8.28. The zero-order valence-corrected chi connectivity index (χ0v) is 18.2. The van der Waals surface area contributed by atoms with Crippen LogP contribution in [0.15, 0.2) is 48.5 Å². The minimum atomic E-state index is 0.106. The molecule has 31 heavy (non-hydrogen) atoms. The predicted octanol–water partition coefficient (Wildman–Crippen LogP) is 2.71. The van der Waals surface area contributed by atoms with Gasteiger partial charge in [-0.15, -0.1) is 0 Å². The van der Waals surface area contributed by atoms with E-state index in [0.717, 1.165) is 62.8 Å². The van der Waals surface area contributed by atoms with Gasteiger partial charge >= 0.3 is 0 Å². The molecule has 0 saturated carbocycles. The lowest BCUT2D eigenvalue weighted by Gasteiger charge is -2.34. The highest BCUT2D eigenvalue weighted by Gasteiger charge is 2.17. The molecule has 6 heteroatoms. The number of hydrogen-bond acceptors (Lipinski definition) is 5. The van der Waals surface area contributed by atoms with Crippen LogP contribution < -0.4 is 14.8 Å². The van der Waals surface area contributed by atoms with Gasteiger partial charge in [0.25, 0.3) is 0 Å². The van der Waals surface area contributed by atoms with Crippen molar-refractivity contribution in [2.45, 2.75) is 25.8 Å². The predicted molar refractivity (Wildman–Crippen MR) is 122 cm³/mol. The van der Waals surface area contributed by atoms with Crippen molar-refractivity contribution in [1.29, 1.82) is 0 Å². The Balaban J connectivity index is 1.11. The maximum absolute atomic E-state index is 12.3.